The number of hydrogen-bond acceptors (Lipinski definition) is 4. The van der Waals surface area contributed by atoms with Crippen molar-refractivity contribution < 1.29 is 4.79 Å². The van der Waals surface area contributed by atoms with Gasteiger partial charge >= 0.3 is 0 Å². The number of carbonyl (C=O) groups is 1. The number of carbonyl (C=O) groups excluding carboxylic acids is 1. The third kappa shape index (κ3) is 6.26. The first-order chi connectivity index (χ1) is 16.2. The molecular formula is C28H42N4O. The summed E-state index contributed by atoms with van der Waals surface area (Å²) in [6.45, 7) is 6.32. The van der Waals surface area contributed by atoms with E-state index in [2.05, 4.69) is 41.4 Å². The van der Waals surface area contributed by atoms with E-state index < -0.39 is 0 Å². The zero-order chi connectivity index (χ0) is 23.0. The van der Waals surface area contributed by atoms with Crippen molar-refractivity contribution in [3.63, 3.8) is 0 Å². The lowest BCUT2D eigenvalue weighted by Gasteiger charge is -2.35. The van der Waals surface area contributed by atoms with Crippen molar-refractivity contribution in [2.75, 3.05) is 26.2 Å². The molecule has 0 aromatic heterocycles. The van der Waals surface area contributed by atoms with Crippen LogP contribution < -0.4 is 11.1 Å². The fraction of sp³-hybridized carbons (Fsp3) is 0.643. The van der Waals surface area contributed by atoms with Gasteiger partial charge in [-0.05, 0) is 87.9 Å². The average Bonchev–Trinajstić information content (AvgIpc) is 2.82. The molecule has 2 fully saturated rings. The van der Waals surface area contributed by atoms with E-state index in [4.69, 9.17) is 10.7 Å². The SMILES string of the molecule is CCC(N)=C(C1=NCCCC1)C1CCN(CC[C@H](NC(=O)C2CCC2)c2ccccc2)CC1. The summed E-state index contributed by atoms with van der Waals surface area (Å²) in [7, 11) is 0. The molecule has 4 rings (SSSR count). The van der Waals surface area contributed by atoms with Crippen LogP contribution in [0.5, 0.6) is 0 Å². The van der Waals surface area contributed by atoms with Crippen molar-refractivity contribution >= 4 is 11.6 Å². The number of nitrogens with zero attached hydrogens (tertiary/aromatic N) is 2. The van der Waals surface area contributed by atoms with Gasteiger partial charge in [0.15, 0.2) is 0 Å². The van der Waals surface area contributed by atoms with Crippen molar-refractivity contribution in [1.82, 2.24) is 10.2 Å². The molecule has 1 aromatic rings. The smallest absolute Gasteiger partial charge is 0.223 e. The highest BCUT2D eigenvalue weighted by molar-refractivity contribution is 6.01. The maximum Gasteiger partial charge on any atom is 0.223 e. The summed E-state index contributed by atoms with van der Waals surface area (Å²) >= 11 is 0. The Labute approximate surface area is 199 Å². The minimum absolute atomic E-state index is 0.0970. The maximum atomic E-state index is 12.7. The second kappa shape index (κ2) is 11.8. The molecule has 3 aliphatic rings. The molecule has 1 saturated heterocycles. The Morgan fingerprint density at radius 3 is 2.45 bits per heavy atom. The van der Waals surface area contributed by atoms with Crippen LogP contribution in [0, 0.1) is 11.8 Å². The summed E-state index contributed by atoms with van der Waals surface area (Å²) in [5.41, 5.74) is 11.5. The first-order valence-corrected chi connectivity index (χ1v) is 13.3. The van der Waals surface area contributed by atoms with Gasteiger partial charge in [0.2, 0.25) is 5.91 Å². The Hall–Kier alpha value is -2.14. The van der Waals surface area contributed by atoms with E-state index >= 15 is 0 Å². The van der Waals surface area contributed by atoms with Crippen molar-refractivity contribution in [2.45, 2.75) is 77.2 Å². The number of hydrogen-bond donors (Lipinski definition) is 2. The predicted octanol–water partition coefficient (Wildman–Crippen LogP) is 4.99. The molecule has 1 aromatic carbocycles. The van der Waals surface area contributed by atoms with Gasteiger partial charge in [-0.3, -0.25) is 9.79 Å². The Bertz CT molecular complexity index is 835. The molecule has 0 bridgehead atoms. The summed E-state index contributed by atoms with van der Waals surface area (Å²) in [6, 6.07) is 10.6. The van der Waals surface area contributed by atoms with Gasteiger partial charge in [0.25, 0.3) is 0 Å². The summed E-state index contributed by atoms with van der Waals surface area (Å²) in [4.78, 5) is 20.1. The average molecular weight is 451 g/mol. The van der Waals surface area contributed by atoms with Gasteiger partial charge in [0.1, 0.15) is 0 Å². The predicted molar refractivity (Wildman–Crippen MR) is 136 cm³/mol. The summed E-state index contributed by atoms with van der Waals surface area (Å²) < 4.78 is 0. The van der Waals surface area contributed by atoms with Crippen LogP contribution in [0.3, 0.4) is 0 Å². The molecule has 5 heteroatoms. The number of allylic oxidation sites excluding steroid dienone is 2. The standard InChI is InChI=1S/C28H42N4O/c1-2-24(29)27(26-13-6-7-17-30-26)22-14-18-32(19-15-22)20-16-25(21-9-4-3-5-10-21)31-28(33)23-11-8-12-23/h3-5,9-10,22-23,25H,2,6-8,11-20,29H2,1H3,(H,31,33)/t25-/m0/s1. The van der Waals surface area contributed by atoms with E-state index in [9.17, 15) is 4.79 Å². The number of rotatable bonds is 9. The number of amides is 1. The Morgan fingerprint density at radius 2 is 1.85 bits per heavy atom. The largest absolute Gasteiger partial charge is 0.402 e. The number of piperidine rings is 1. The van der Waals surface area contributed by atoms with Gasteiger partial charge < -0.3 is 16.0 Å². The lowest BCUT2D eigenvalue weighted by Crippen LogP contribution is -2.40. The van der Waals surface area contributed by atoms with Crippen LogP contribution in [0.1, 0.15) is 82.7 Å². The van der Waals surface area contributed by atoms with Gasteiger partial charge in [0, 0.05) is 30.4 Å². The van der Waals surface area contributed by atoms with Crippen LogP contribution in [0.4, 0.5) is 0 Å². The molecule has 1 amide bonds. The van der Waals surface area contributed by atoms with Gasteiger partial charge in [-0.2, -0.15) is 0 Å². The van der Waals surface area contributed by atoms with Crippen LogP contribution in [-0.2, 0) is 4.79 Å². The fourth-order valence-electron chi connectivity index (χ4n) is 5.52. The summed E-state index contributed by atoms with van der Waals surface area (Å²) in [6.07, 6.45) is 11.0. The van der Waals surface area contributed by atoms with E-state index in [1.807, 2.05) is 6.07 Å². The monoisotopic (exact) mass is 450 g/mol. The van der Waals surface area contributed by atoms with Crippen LogP contribution in [0.2, 0.25) is 0 Å². The molecule has 1 atom stereocenters. The van der Waals surface area contributed by atoms with Gasteiger partial charge in [0.05, 0.1) is 6.04 Å². The van der Waals surface area contributed by atoms with Gasteiger partial charge in [-0.15, -0.1) is 0 Å². The van der Waals surface area contributed by atoms with E-state index in [1.54, 1.807) is 0 Å². The van der Waals surface area contributed by atoms with Gasteiger partial charge in [-0.1, -0.05) is 43.7 Å². The lowest BCUT2D eigenvalue weighted by atomic mass is 9.82. The third-order valence-electron chi connectivity index (χ3n) is 7.89. The number of aliphatic imine (C=N–C) groups is 1. The number of benzene rings is 1. The van der Waals surface area contributed by atoms with E-state index in [0.717, 1.165) is 76.8 Å². The van der Waals surface area contributed by atoms with Crippen molar-refractivity contribution in [3.05, 3.63) is 47.2 Å². The van der Waals surface area contributed by atoms with Crippen LogP contribution >= 0.6 is 0 Å². The third-order valence-corrected chi connectivity index (χ3v) is 7.89. The molecular weight excluding hydrogens is 408 g/mol. The second-order valence-corrected chi connectivity index (χ2v) is 10.1. The molecule has 180 valence electrons. The Morgan fingerprint density at radius 1 is 1.09 bits per heavy atom. The molecule has 3 N–H and O–H groups in total. The molecule has 2 heterocycles. The van der Waals surface area contributed by atoms with E-state index in [1.165, 1.54) is 36.1 Å². The lowest BCUT2D eigenvalue weighted by molar-refractivity contribution is -0.128. The highest BCUT2D eigenvalue weighted by atomic mass is 16.2. The normalized spacial score (nSPS) is 22.2. The topological polar surface area (TPSA) is 70.7 Å². The van der Waals surface area contributed by atoms with Crippen LogP contribution in [0.15, 0.2) is 46.6 Å². The highest BCUT2D eigenvalue weighted by Crippen LogP contribution is 2.31. The summed E-state index contributed by atoms with van der Waals surface area (Å²) in [5, 5.41) is 3.36. The Balaban J connectivity index is 1.34. The number of likely N-dealkylation sites (tertiary alicyclic amines) is 1. The summed E-state index contributed by atoms with van der Waals surface area (Å²) in [5.74, 6) is 1.01. The van der Waals surface area contributed by atoms with Crippen molar-refractivity contribution in [2.24, 2.45) is 22.6 Å². The maximum absolute atomic E-state index is 12.7. The first kappa shape index (κ1) is 24.0. The van der Waals surface area contributed by atoms with Crippen LogP contribution in [0.25, 0.3) is 0 Å². The molecule has 0 radical (unpaired) electrons. The molecule has 0 spiro atoms. The quantitative estimate of drug-likeness (QED) is 0.556. The minimum atomic E-state index is 0.0970. The molecule has 1 aliphatic carbocycles. The number of nitrogens with one attached hydrogen (secondary N) is 1. The Kier molecular flexibility index (Phi) is 8.60. The first-order valence-electron chi connectivity index (χ1n) is 13.3. The molecule has 5 nitrogen and oxygen atoms in total. The molecule has 1 saturated carbocycles. The van der Waals surface area contributed by atoms with E-state index in [-0.39, 0.29) is 17.9 Å². The molecule has 2 aliphatic heterocycles. The van der Waals surface area contributed by atoms with Crippen LogP contribution in [-0.4, -0.2) is 42.7 Å². The second-order valence-electron chi connectivity index (χ2n) is 10.1. The fourth-order valence-corrected chi connectivity index (χ4v) is 5.52. The zero-order valence-electron chi connectivity index (χ0n) is 20.4. The molecule has 0 unspecified atom stereocenters. The highest BCUT2D eigenvalue weighted by Gasteiger charge is 2.29. The van der Waals surface area contributed by atoms with E-state index in [0.29, 0.717) is 5.92 Å². The minimum Gasteiger partial charge on any atom is -0.402 e. The van der Waals surface area contributed by atoms with Crippen molar-refractivity contribution in [1.29, 1.82) is 0 Å². The van der Waals surface area contributed by atoms with Gasteiger partial charge in [-0.25, -0.2) is 0 Å². The van der Waals surface area contributed by atoms with Crippen molar-refractivity contribution in [3.8, 4) is 0 Å². The zero-order valence-corrected chi connectivity index (χ0v) is 20.4. The molecule has 33 heavy (non-hydrogen) atoms. The number of nitrogens with two attached hydrogens (primary N) is 1.